The molecule has 0 spiro atoms. The fourth-order valence-electron chi connectivity index (χ4n) is 3.71. The SMILES string of the molecule is CC1=C([Si]c2ccccc2CC2CCCCC2)C(C)C=C1. The van der Waals surface area contributed by atoms with Gasteiger partial charge in [-0.25, -0.2) is 0 Å². The highest BCUT2D eigenvalue weighted by Gasteiger charge is 2.19. The first kappa shape index (κ1) is 14.8. The van der Waals surface area contributed by atoms with Crippen LogP contribution in [0.15, 0.2) is 47.2 Å². The van der Waals surface area contributed by atoms with Crippen LogP contribution < -0.4 is 5.19 Å². The van der Waals surface area contributed by atoms with Gasteiger partial charge in [0.05, 0.1) is 0 Å². The summed E-state index contributed by atoms with van der Waals surface area (Å²) in [4.78, 5) is 0. The van der Waals surface area contributed by atoms with Gasteiger partial charge in [0.1, 0.15) is 9.52 Å². The van der Waals surface area contributed by atoms with Crippen molar-refractivity contribution in [3.05, 3.63) is 52.8 Å². The molecule has 1 atom stereocenters. The van der Waals surface area contributed by atoms with Crippen LogP contribution in [-0.2, 0) is 6.42 Å². The van der Waals surface area contributed by atoms with Crippen LogP contribution in [0.3, 0.4) is 0 Å². The van der Waals surface area contributed by atoms with Crippen LogP contribution in [0.1, 0.15) is 51.5 Å². The summed E-state index contributed by atoms with van der Waals surface area (Å²) in [5.41, 5.74) is 3.11. The van der Waals surface area contributed by atoms with Crippen molar-refractivity contribution < 1.29 is 0 Å². The molecule has 21 heavy (non-hydrogen) atoms. The highest BCUT2D eigenvalue weighted by Crippen LogP contribution is 2.27. The zero-order valence-electron chi connectivity index (χ0n) is 13.4. The molecule has 2 aliphatic rings. The van der Waals surface area contributed by atoms with Gasteiger partial charge in [0.2, 0.25) is 0 Å². The van der Waals surface area contributed by atoms with Crippen molar-refractivity contribution in [1.82, 2.24) is 0 Å². The number of benzene rings is 1. The zero-order chi connectivity index (χ0) is 14.7. The Kier molecular flexibility index (Phi) is 4.79. The molecule has 0 aliphatic heterocycles. The molecule has 0 amide bonds. The Bertz CT molecular complexity index is 547. The number of rotatable bonds is 4. The Morgan fingerprint density at radius 1 is 1.10 bits per heavy atom. The van der Waals surface area contributed by atoms with E-state index in [0.717, 1.165) is 15.4 Å². The number of allylic oxidation sites excluding steroid dienone is 4. The molecule has 1 unspecified atom stereocenters. The van der Waals surface area contributed by atoms with Gasteiger partial charge in [-0.15, -0.1) is 0 Å². The molecule has 1 heteroatoms. The summed E-state index contributed by atoms with van der Waals surface area (Å²) in [5, 5.41) is 3.24. The summed E-state index contributed by atoms with van der Waals surface area (Å²) in [6.07, 6.45) is 13.2. The topological polar surface area (TPSA) is 0 Å². The Morgan fingerprint density at radius 2 is 1.86 bits per heavy atom. The maximum absolute atomic E-state index is 2.37. The molecule has 1 aromatic rings. The lowest BCUT2D eigenvalue weighted by Crippen LogP contribution is -2.25. The van der Waals surface area contributed by atoms with Gasteiger partial charge in [-0.05, 0) is 30.7 Å². The molecule has 0 aromatic heterocycles. The van der Waals surface area contributed by atoms with E-state index in [2.05, 4.69) is 50.3 Å². The minimum Gasteiger partial charge on any atom is -0.0778 e. The van der Waals surface area contributed by atoms with Crippen LogP contribution in [0.5, 0.6) is 0 Å². The van der Waals surface area contributed by atoms with Crippen molar-refractivity contribution in [2.75, 3.05) is 0 Å². The van der Waals surface area contributed by atoms with Gasteiger partial charge in [-0.2, -0.15) is 0 Å². The summed E-state index contributed by atoms with van der Waals surface area (Å²) in [7, 11) is 0.856. The van der Waals surface area contributed by atoms with Crippen molar-refractivity contribution in [3.63, 3.8) is 0 Å². The Hall–Kier alpha value is -1.08. The van der Waals surface area contributed by atoms with E-state index in [0.29, 0.717) is 5.92 Å². The molecule has 1 saturated carbocycles. The molecule has 1 fully saturated rings. The van der Waals surface area contributed by atoms with E-state index in [1.807, 2.05) is 0 Å². The molecule has 0 bridgehead atoms. The highest BCUT2D eigenvalue weighted by atomic mass is 28.2. The molecule has 0 saturated heterocycles. The predicted octanol–water partition coefficient (Wildman–Crippen LogP) is 4.62. The molecule has 2 aliphatic carbocycles. The third-order valence-corrected chi connectivity index (χ3v) is 6.91. The highest BCUT2D eigenvalue weighted by molar-refractivity contribution is 6.62. The second kappa shape index (κ2) is 6.78. The first-order valence-corrected chi connectivity index (χ1v) is 9.48. The van der Waals surface area contributed by atoms with Crippen LogP contribution in [0, 0.1) is 11.8 Å². The van der Waals surface area contributed by atoms with Crippen LogP contribution in [-0.4, -0.2) is 9.52 Å². The Labute approximate surface area is 132 Å². The quantitative estimate of drug-likeness (QED) is 0.711. The lowest BCUT2D eigenvalue weighted by Gasteiger charge is -2.23. The lowest BCUT2D eigenvalue weighted by atomic mass is 9.85. The minimum atomic E-state index is 0.631. The van der Waals surface area contributed by atoms with Crippen LogP contribution >= 0.6 is 0 Å². The molecule has 3 rings (SSSR count). The largest absolute Gasteiger partial charge is 0.117 e. The van der Waals surface area contributed by atoms with E-state index >= 15 is 0 Å². The third kappa shape index (κ3) is 3.57. The fourth-order valence-corrected chi connectivity index (χ4v) is 5.13. The number of hydrogen-bond acceptors (Lipinski definition) is 0. The second-order valence-electron chi connectivity index (χ2n) is 6.73. The van der Waals surface area contributed by atoms with E-state index in [1.165, 1.54) is 44.1 Å². The summed E-state index contributed by atoms with van der Waals surface area (Å²) in [5.74, 6) is 1.56. The summed E-state index contributed by atoms with van der Waals surface area (Å²) >= 11 is 0. The lowest BCUT2D eigenvalue weighted by molar-refractivity contribution is 0.357. The van der Waals surface area contributed by atoms with Gasteiger partial charge in [0.15, 0.2) is 0 Å². The average Bonchev–Trinajstić information content (AvgIpc) is 2.82. The molecule has 1 aromatic carbocycles. The first-order valence-electron chi connectivity index (χ1n) is 8.48. The van der Waals surface area contributed by atoms with Crippen molar-refractivity contribution in [1.29, 1.82) is 0 Å². The molecule has 0 N–H and O–H groups in total. The molecule has 0 heterocycles. The van der Waals surface area contributed by atoms with Crippen molar-refractivity contribution in [3.8, 4) is 0 Å². The van der Waals surface area contributed by atoms with E-state index in [4.69, 9.17) is 0 Å². The van der Waals surface area contributed by atoms with E-state index in [1.54, 1.807) is 15.9 Å². The Balaban J connectivity index is 1.75. The summed E-state index contributed by atoms with van der Waals surface area (Å²) < 4.78 is 0. The molecule has 110 valence electrons. The molecular weight excluding hydrogens is 268 g/mol. The van der Waals surface area contributed by atoms with Gasteiger partial charge >= 0.3 is 0 Å². The van der Waals surface area contributed by atoms with Crippen LogP contribution in [0.4, 0.5) is 0 Å². The number of hydrogen-bond donors (Lipinski definition) is 0. The average molecular weight is 295 g/mol. The predicted molar refractivity (Wildman–Crippen MR) is 93.1 cm³/mol. The fraction of sp³-hybridized carbons (Fsp3) is 0.500. The van der Waals surface area contributed by atoms with E-state index in [-0.39, 0.29) is 0 Å². The first-order chi connectivity index (χ1) is 10.2. The van der Waals surface area contributed by atoms with Gasteiger partial charge in [0, 0.05) is 0 Å². The van der Waals surface area contributed by atoms with Crippen molar-refractivity contribution in [2.24, 2.45) is 11.8 Å². The maximum Gasteiger partial charge on any atom is 0.117 e. The van der Waals surface area contributed by atoms with E-state index < -0.39 is 0 Å². The third-order valence-electron chi connectivity index (χ3n) is 5.04. The standard InChI is InChI=1S/C20H26Si/c1-15-12-13-16(2)20(15)21-19-11-7-6-10-18(19)14-17-8-4-3-5-9-17/h6-7,10-13,15,17H,3-5,8-9,14H2,1-2H3. The Morgan fingerprint density at radius 3 is 2.57 bits per heavy atom. The summed E-state index contributed by atoms with van der Waals surface area (Å²) in [6.45, 7) is 4.60. The molecular formula is C20H26Si. The van der Waals surface area contributed by atoms with Crippen molar-refractivity contribution >= 4 is 14.7 Å². The minimum absolute atomic E-state index is 0.631. The second-order valence-corrected chi connectivity index (χ2v) is 8.06. The smallest absolute Gasteiger partial charge is 0.0778 e. The van der Waals surface area contributed by atoms with Crippen LogP contribution in [0.2, 0.25) is 0 Å². The molecule has 2 radical (unpaired) electrons. The van der Waals surface area contributed by atoms with Crippen LogP contribution in [0.25, 0.3) is 0 Å². The monoisotopic (exact) mass is 294 g/mol. The van der Waals surface area contributed by atoms with Gasteiger partial charge in [-0.3, -0.25) is 0 Å². The van der Waals surface area contributed by atoms with E-state index in [9.17, 15) is 0 Å². The maximum atomic E-state index is 2.37. The zero-order valence-corrected chi connectivity index (χ0v) is 14.4. The van der Waals surface area contributed by atoms with Crippen molar-refractivity contribution in [2.45, 2.75) is 52.4 Å². The van der Waals surface area contributed by atoms with Gasteiger partial charge in [0.25, 0.3) is 0 Å². The summed E-state index contributed by atoms with van der Waals surface area (Å²) in [6, 6.07) is 9.18. The molecule has 0 nitrogen and oxygen atoms in total. The normalized spacial score (nSPS) is 23.0. The van der Waals surface area contributed by atoms with Gasteiger partial charge in [-0.1, -0.05) is 91.4 Å². The van der Waals surface area contributed by atoms with Gasteiger partial charge < -0.3 is 0 Å².